The molecule has 5 nitrogen and oxygen atoms in total. The van der Waals surface area contributed by atoms with E-state index in [1.54, 1.807) is 6.20 Å². The van der Waals surface area contributed by atoms with Crippen LogP contribution >= 0.6 is 12.2 Å². The SMILES string of the molecule is S=c1[nH]nc(-c2ccccn2)n1CC1CCOCC1. The monoisotopic (exact) mass is 276 g/mol. The van der Waals surface area contributed by atoms with E-state index in [1.165, 1.54) is 0 Å². The third-order valence-electron chi connectivity index (χ3n) is 3.43. The molecule has 0 spiro atoms. The maximum Gasteiger partial charge on any atom is 0.195 e. The van der Waals surface area contributed by atoms with E-state index in [4.69, 9.17) is 17.0 Å². The Kier molecular flexibility index (Phi) is 3.70. The third kappa shape index (κ3) is 2.74. The highest BCUT2D eigenvalue weighted by atomic mass is 32.1. The van der Waals surface area contributed by atoms with Gasteiger partial charge in [-0.05, 0) is 43.1 Å². The molecule has 1 fully saturated rings. The summed E-state index contributed by atoms with van der Waals surface area (Å²) in [6, 6.07) is 5.80. The van der Waals surface area contributed by atoms with Crippen LogP contribution in [0, 0.1) is 10.7 Å². The summed E-state index contributed by atoms with van der Waals surface area (Å²) in [5.74, 6) is 1.41. The van der Waals surface area contributed by atoms with Gasteiger partial charge in [-0.25, -0.2) is 0 Å². The number of aromatic nitrogens is 4. The Morgan fingerprint density at radius 1 is 1.37 bits per heavy atom. The van der Waals surface area contributed by atoms with Crippen molar-refractivity contribution in [2.75, 3.05) is 13.2 Å². The highest BCUT2D eigenvalue weighted by Gasteiger charge is 2.18. The van der Waals surface area contributed by atoms with Crippen LogP contribution in [0.1, 0.15) is 12.8 Å². The zero-order chi connectivity index (χ0) is 13.1. The van der Waals surface area contributed by atoms with Crippen molar-refractivity contribution >= 4 is 12.2 Å². The minimum Gasteiger partial charge on any atom is -0.381 e. The molecule has 1 N–H and O–H groups in total. The second kappa shape index (κ2) is 5.63. The minimum absolute atomic E-state index is 0.598. The van der Waals surface area contributed by atoms with Gasteiger partial charge in [0.05, 0.1) is 0 Å². The topological polar surface area (TPSA) is 55.7 Å². The molecular formula is C13H16N4OS. The Labute approximate surface area is 116 Å². The molecular weight excluding hydrogens is 260 g/mol. The lowest BCUT2D eigenvalue weighted by Gasteiger charge is -2.22. The molecule has 0 aromatic carbocycles. The predicted octanol–water partition coefficient (Wildman–Crippen LogP) is 2.43. The number of ether oxygens (including phenoxy) is 1. The van der Waals surface area contributed by atoms with Gasteiger partial charge in [0.15, 0.2) is 10.6 Å². The molecule has 2 aromatic rings. The van der Waals surface area contributed by atoms with Gasteiger partial charge in [0.25, 0.3) is 0 Å². The number of aromatic amines is 1. The molecule has 100 valence electrons. The molecule has 0 bridgehead atoms. The van der Waals surface area contributed by atoms with Gasteiger partial charge in [-0.1, -0.05) is 6.07 Å². The van der Waals surface area contributed by atoms with Crippen molar-refractivity contribution in [1.29, 1.82) is 0 Å². The third-order valence-corrected chi connectivity index (χ3v) is 3.75. The fourth-order valence-corrected chi connectivity index (χ4v) is 2.57. The van der Waals surface area contributed by atoms with Crippen molar-refractivity contribution in [2.45, 2.75) is 19.4 Å². The zero-order valence-corrected chi connectivity index (χ0v) is 11.4. The average Bonchev–Trinajstić information content (AvgIpc) is 2.82. The number of hydrogen-bond acceptors (Lipinski definition) is 4. The largest absolute Gasteiger partial charge is 0.381 e. The van der Waals surface area contributed by atoms with Crippen molar-refractivity contribution in [3.8, 4) is 11.5 Å². The van der Waals surface area contributed by atoms with Crippen LogP contribution in [0.25, 0.3) is 11.5 Å². The Morgan fingerprint density at radius 2 is 2.21 bits per heavy atom. The summed E-state index contributed by atoms with van der Waals surface area (Å²) in [5, 5.41) is 7.17. The van der Waals surface area contributed by atoms with E-state index in [0.29, 0.717) is 10.7 Å². The maximum absolute atomic E-state index is 5.39. The summed E-state index contributed by atoms with van der Waals surface area (Å²) in [5.41, 5.74) is 0.849. The fourth-order valence-electron chi connectivity index (χ4n) is 2.36. The van der Waals surface area contributed by atoms with E-state index in [-0.39, 0.29) is 0 Å². The second-order valence-electron chi connectivity index (χ2n) is 4.73. The number of rotatable bonds is 3. The predicted molar refractivity (Wildman–Crippen MR) is 74.2 cm³/mol. The van der Waals surface area contributed by atoms with Gasteiger partial charge in [0.2, 0.25) is 0 Å². The molecule has 3 heterocycles. The maximum atomic E-state index is 5.39. The van der Waals surface area contributed by atoms with Crippen LogP contribution in [0.4, 0.5) is 0 Å². The van der Waals surface area contributed by atoms with Crippen LogP contribution in [0.3, 0.4) is 0 Å². The van der Waals surface area contributed by atoms with Gasteiger partial charge in [0, 0.05) is 26.0 Å². The molecule has 6 heteroatoms. The number of pyridine rings is 1. The van der Waals surface area contributed by atoms with Crippen LogP contribution < -0.4 is 0 Å². The van der Waals surface area contributed by atoms with Crippen molar-refractivity contribution in [3.63, 3.8) is 0 Å². The lowest BCUT2D eigenvalue weighted by Crippen LogP contribution is -2.21. The molecule has 1 aliphatic heterocycles. The lowest BCUT2D eigenvalue weighted by molar-refractivity contribution is 0.0612. The smallest absolute Gasteiger partial charge is 0.195 e. The lowest BCUT2D eigenvalue weighted by atomic mass is 10.0. The standard InChI is InChI=1S/C13H16N4OS/c19-13-16-15-12(11-3-1-2-6-14-11)17(13)9-10-4-7-18-8-5-10/h1-3,6,10H,4-5,7-9H2,(H,16,19). The highest BCUT2D eigenvalue weighted by Crippen LogP contribution is 2.21. The van der Waals surface area contributed by atoms with Crippen molar-refractivity contribution < 1.29 is 4.74 Å². The van der Waals surface area contributed by atoms with Gasteiger partial charge < -0.3 is 4.74 Å². The number of H-pyrrole nitrogens is 1. The van der Waals surface area contributed by atoms with E-state index in [1.807, 2.05) is 22.8 Å². The molecule has 0 saturated carbocycles. The first-order valence-electron chi connectivity index (χ1n) is 6.49. The van der Waals surface area contributed by atoms with Gasteiger partial charge >= 0.3 is 0 Å². The van der Waals surface area contributed by atoms with Crippen molar-refractivity contribution in [1.82, 2.24) is 19.7 Å². The van der Waals surface area contributed by atoms with E-state index in [0.717, 1.165) is 44.1 Å². The van der Waals surface area contributed by atoms with Crippen LogP contribution in [0.15, 0.2) is 24.4 Å². The van der Waals surface area contributed by atoms with E-state index in [2.05, 4.69) is 15.2 Å². The Balaban J connectivity index is 1.88. The summed E-state index contributed by atoms with van der Waals surface area (Å²) in [6.07, 6.45) is 3.93. The summed E-state index contributed by atoms with van der Waals surface area (Å²) in [6.45, 7) is 2.56. The number of nitrogens with zero attached hydrogens (tertiary/aromatic N) is 3. The van der Waals surface area contributed by atoms with Gasteiger partial charge in [-0.2, -0.15) is 5.10 Å². The summed E-state index contributed by atoms with van der Waals surface area (Å²) in [7, 11) is 0. The Morgan fingerprint density at radius 3 is 2.95 bits per heavy atom. The van der Waals surface area contributed by atoms with Crippen LogP contribution in [-0.4, -0.2) is 33.0 Å². The fraction of sp³-hybridized carbons (Fsp3) is 0.462. The first kappa shape index (κ1) is 12.5. The van der Waals surface area contributed by atoms with Crippen LogP contribution in [-0.2, 0) is 11.3 Å². The summed E-state index contributed by atoms with van der Waals surface area (Å²) < 4.78 is 8.10. The molecule has 1 aliphatic rings. The molecule has 3 rings (SSSR count). The second-order valence-corrected chi connectivity index (χ2v) is 5.12. The quantitative estimate of drug-likeness (QED) is 0.875. The van der Waals surface area contributed by atoms with Gasteiger partial charge in [-0.15, -0.1) is 0 Å². The molecule has 0 radical (unpaired) electrons. The summed E-state index contributed by atoms with van der Waals surface area (Å²) in [4.78, 5) is 4.34. The zero-order valence-electron chi connectivity index (χ0n) is 10.6. The average molecular weight is 276 g/mol. The van der Waals surface area contributed by atoms with E-state index >= 15 is 0 Å². The number of hydrogen-bond donors (Lipinski definition) is 1. The molecule has 1 saturated heterocycles. The van der Waals surface area contributed by atoms with E-state index in [9.17, 15) is 0 Å². The first-order valence-corrected chi connectivity index (χ1v) is 6.90. The molecule has 2 aromatic heterocycles. The minimum atomic E-state index is 0.598. The molecule has 0 aliphatic carbocycles. The van der Waals surface area contributed by atoms with Crippen LogP contribution in [0.5, 0.6) is 0 Å². The van der Waals surface area contributed by atoms with Crippen molar-refractivity contribution in [3.05, 3.63) is 29.2 Å². The molecule has 0 amide bonds. The molecule has 0 atom stereocenters. The Hall–Kier alpha value is -1.53. The van der Waals surface area contributed by atoms with Gasteiger partial charge in [0.1, 0.15) is 5.69 Å². The van der Waals surface area contributed by atoms with Gasteiger partial charge in [-0.3, -0.25) is 14.6 Å². The van der Waals surface area contributed by atoms with Crippen molar-refractivity contribution in [2.24, 2.45) is 5.92 Å². The van der Waals surface area contributed by atoms with E-state index < -0.39 is 0 Å². The summed E-state index contributed by atoms with van der Waals surface area (Å²) >= 11 is 5.33. The molecule has 19 heavy (non-hydrogen) atoms. The first-order chi connectivity index (χ1) is 9.34. The normalized spacial score (nSPS) is 16.6. The van der Waals surface area contributed by atoms with Crippen LogP contribution in [0.2, 0.25) is 0 Å². The molecule has 0 unspecified atom stereocenters. The highest BCUT2D eigenvalue weighted by molar-refractivity contribution is 7.71. The Bertz CT molecular complexity index is 586. The number of nitrogens with one attached hydrogen (secondary N) is 1.